The highest BCUT2D eigenvalue weighted by atomic mass is 16.5. The van der Waals surface area contributed by atoms with Gasteiger partial charge in [0.1, 0.15) is 34.0 Å². The van der Waals surface area contributed by atoms with Crippen LogP contribution in [-0.4, -0.2) is 31.8 Å². The topological polar surface area (TPSA) is 80.4 Å². The number of aromatic hydroxyl groups is 2. The van der Waals surface area contributed by atoms with Crippen LogP contribution >= 0.6 is 0 Å². The van der Waals surface area contributed by atoms with Gasteiger partial charge in [-0.05, 0) is 47.6 Å². The summed E-state index contributed by atoms with van der Waals surface area (Å²) in [5.41, 5.74) is 4.81. The first-order chi connectivity index (χ1) is 15.9. The van der Waals surface area contributed by atoms with Crippen LogP contribution in [0.2, 0.25) is 0 Å². The van der Waals surface area contributed by atoms with Crippen molar-refractivity contribution in [1.82, 2.24) is 15.0 Å². The smallest absolute Gasteiger partial charge is 0.146 e. The van der Waals surface area contributed by atoms with E-state index in [4.69, 9.17) is 14.9 Å². The molecule has 6 heteroatoms. The van der Waals surface area contributed by atoms with E-state index in [0.717, 1.165) is 16.7 Å². The molecule has 0 aliphatic heterocycles. The van der Waals surface area contributed by atoms with E-state index in [1.807, 2.05) is 43.3 Å². The van der Waals surface area contributed by atoms with E-state index in [9.17, 15) is 10.2 Å². The lowest BCUT2D eigenvalue weighted by Crippen LogP contribution is -2.18. The van der Waals surface area contributed by atoms with Crippen molar-refractivity contribution >= 4 is 11.0 Å². The van der Waals surface area contributed by atoms with Crippen LogP contribution in [0.15, 0.2) is 48.5 Å². The van der Waals surface area contributed by atoms with Crippen molar-refractivity contribution in [2.75, 3.05) is 6.61 Å². The summed E-state index contributed by atoms with van der Waals surface area (Å²) in [5, 5.41) is 31.4. The number of nitrogens with zero attached hydrogens (tertiary/aromatic N) is 3. The van der Waals surface area contributed by atoms with Crippen LogP contribution < -0.4 is 4.74 Å². The Morgan fingerprint density at radius 2 is 1.59 bits per heavy atom. The maximum atomic E-state index is 11.2. The van der Waals surface area contributed by atoms with Crippen molar-refractivity contribution in [2.24, 2.45) is 0 Å². The fourth-order valence-electron chi connectivity index (χ4n) is 4.03. The number of rotatable bonds is 4. The van der Waals surface area contributed by atoms with Gasteiger partial charge >= 0.3 is 0 Å². The molecule has 0 atom stereocenters. The lowest BCUT2D eigenvalue weighted by molar-refractivity contribution is 0.338. The lowest BCUT2D eigenvalue weighted by Gasteiger charge is -2.27. The summed E-state index contributed by atoms with van der Waals surface area (Å²) < 4.78 is 5.50. The van der Waals surface area contributed by atoms with Crippen LogP contribution in [0.4, 0.5) is 0 Å². The molecule has 0 spiro atoms. The Kier molecular flexibility index (Phi) is 5.80. The highest BCUT2D eigenvalue weighted by Gasteiger charge is 2.26. The number of aromatic nitrogens is 3. The molecule has 4 aromatic rings. The Hall–Kier alpha value is -3.54. The van der Waals surface area contributed by atoms with Crippen LogP contribution in [0.5, 0.6) is 17.2 Å². The maximum Gasteiger partial charge on any atom is 0.146 e. The van der Waals surface area contributed by atoms with Gasteiger partial charge in [-0.15, -0.1) is 15.0 Å². The molecule has 0 bridgehead atoms. The largest absolute Gasteiger partial charge is 0.507 e. The molecule has 0 amide bonds. The summed E-state index contributed by atoms with van der Waals surface area (Å²) in [7, 11) is 0. The quantitative estimate of drug-likeness (QED) is 0.364. The van der Waals surface area contributed by atoms with E-state index in [0.29, 0.717) is 34.6 Å². The fourth-order valence-corrected chi connectivity index (χ4v) is 4.03. The Morgan fingerprint density at radius 3 is 2.21 bits per heavy atom. The molecule has 4 rings (SSSR count). The third-order valence-electron chi connectivity index (χ3n) is 5.96. The molecule has 1 aromatic heterocycles. The summed E-state index contributed by atoms with van der Waals surface area (Å²) in [6, 6.07) is 15.0. The van der Waals surface area contributed by atoms with Crippen molar-refractivity contribution in [1.29, 1.82) is 0 Å². The third-order valence-corrected chi connectivity index (χ3v) is 5.96. The van der Waals surface area contributed by atoms with Crippen molar-refractivity contribution < 1.29 is 14.9 Å². The van der Waals surface area contributed by atoms with Crippen molar-refractivity contribution in [3.63, 3.8) is 0 Å². The van der Waals surface area contributed by atoms with Gasteiger partial charge in [-0.25, -0.2) is 0 Å². The van der Waals surface area contributed by atoms with E-state index in [-0.39, 0.29) is 22.3 Å². The SMILES string of the molecule is CCOc1ccc(-c2cccc3nn(-c4cc(C(C)(C)C)cc(C(C)(C)C)c4O)nc23)c(O)c1. The highest BCUT2D eigenvalue weighted by molar-refractivity contribution is 5.93. The Balaban J connectivity index is 1.92. The summed E-state index contributed by atoms with van der Waals surface area (Å²) in [4.78, 5) is 1.50. The first-order valence-corrected chi connectivity index (χ1v) is 11.6. The second kappa shape index (κ2) is 8.35. The zero-order chi connectivity index (χ0) is 24.8. The minimum atomic E-state index is -0.258. The summed E-state index contributed by atoms with van der Waals surface area (Å²) in [6.07, 6.45) is 0. The minimum absolute atomic E-state index is 0.112. The predicted octanol–water partition coefficient (Wildman–Crippen LogP) is 6.49. The van der Waals surface area contributed by atoms with Gasteiger partial charge in [-0.1, -0.05) is 59.7 Å². The van der Waals surface area contributed by atoms with Gasteiger partial charge in [-0.2, -0.15) is 0 Å². The maximum absolute atomic E-state index is 11.2. The second-order valence-corrected chi connectivity index (χ2v) is 10.7. The fraction of sp³-hybridized carbons (Fsp3) is 0.357. The van der Waals surface area contributed by atoms with Gasteiger partial charge in [0, 0.05) is 22.8 Å². The lowest BCUT2D eigenvalue weighted by atomic mass is 9.80. The molecule has 0 saturated heterocycles. The summed E-state index contributed by atoms with van der Waals surface area (Å²) in [6.45, 7) is 15.1. The standard InChI is InChI=1S/C28H33N3O3/c1-8-34-18-12-13-19(24(32)16-18)20-10-9-11-22-25(20)30-31(29-22)23-15-17(27(2,3)4)14-21(26(23)33)28(5,6)7/h9-16,32-33H,8H2,1-7H3. The zero-order valence-electron chi connectivity index (χ0n) is 21.0. The first kappa shape index (κ1) is 23.6. The van der Waals surface area contributed by atoms with Crippen LogP contribution in [0.3, 0.4) is 0 Å². The molecule has 6 nitrogen and oxygen atoms in total. The Labute approximate surface area is 200 Å². The molecular formula is C28H33N3O3. The van der Waals surface area contributed by atoms with Crippen LogP contribution in [0.1, 0.15) is 59.6 Å². The number of phenolic OH excluding ortho intramolecular Hbond substituents is 2. The Morgan fingerprint density at radius 1 is 0.853 bits per heavy atom. The molecule has 0 saturated carbocycles. The second-order valence-electron chi connectivity index (χ2n) is 10.7. The number of hydrogen-bond donors (Lipinski definition) is 2. The van der Waals surface area contributed by atoms with E-state index in [1.54, 1.807) is 6.07 Å². The van der Waals surface area contributed by atoms with Crippen LogP contribution in [-0.2, 0) is 10.8 Å². The van der Waals surface area contributed by atoms with E-state index in [1.165, 1.54) is 4.80 Å². The molecular weight excluding hydrogens is 426 g/mol. The molecule has 1 heterocycles. The van der Waals surface area contributed by atoms with Crippen LogP contribution in [0.25, 0.3) is 27.8 Å². The first-order valence-electron chi connectivity index (χ1n) is 11.6. The van der Waals surface area contributed by atoms with Gasteiger partial charge in [0.25, 0.3) is 0 Å². The number of benzene rings is 3. The van der Waals surface area contributed by atoms with E-state index < -0.39 is 0 Å². The van der Waals surface area contributed by atoms with Crippen LogP contribution in [0, 0.1) is 0 Å². The monoisotopic (exact) mass is 459 g/mol. The van der Waals surface area contributed by atoms with E-state index in [2.05, 4.69) is 47.6 Å². The number of fused-ring (bicyclic) bond motifs is 1. The zero-order valence-corrected chi connectivity index (χ0v) is 21.0. The highest BCUT2D eigenvalue weighted by Crippen LogP contribution is 2.40. The van der Waals surface area contributed by atoms with Gasteiger partial charge in [0.05, 0.1) is 6.61 Å². The molecule has 0 aliphatic rings. The molecule has 0 radical (unpaired) electrons. The van der Waals surface area contributed by atoms with Crippen molar-refractivity contribution in [3.05, 3.63) is 59.7 Å². The molecule has 34 heavy (non-hydrogen) atoms. The summed E-state index contributed by atoms with van der Waals surface area (Å²) in [5.74, 6) is 0.894. The van der Waals surface area contributed by atoms with Gasteiger partial charge < -0.3 is 14.9 Å². The minimum Gasteiger partial charge on any atom is -0.507 e. The molecule has 2 N–H and O–H groups in total. The van der Waals surface area contributed by atoms with Crippen molar-refractivity contribution in [2.45, 2.75) is 59.3 Å². The van der Waals surface area contributed by atoms with Crippen molar-refractivity contribution in [3.8, 4) is 34.1 Å². The van der Waals surface area contributed by atoms with Gasteiger partial charge in [-0.3, -0.25) is 0 Å². The molecule has 0 unspecified atom stereocenters. The number of ether oxygens (including phenoxy) is 1. The van der Waals surface area contributed by atoms with E-state index >= 15 is 0 Å². The average Bonchev–Trinajstić information content (AvgIpc) is 3.17. The number of hydrogen-bond acceptors (Lipinski definition) is 5. The predicted molar refractivity (Wildman–Crippen MR) is 136 cm³/mol. The summed E-state index contributed by atoms with van der Waals surface area (Å²) >= 11 is 0. The molecule has 0 fully saturated rings. The molecule has 0 aliphatic carbocycles. The van der Waals surface area contributed by atoms with Gasteiger partial charge in [0.15, 0.2) is 0 Å². The average molecular weight is 460 g/mol. The third kappa shape index (κ3) is 4.32. The number of phenols is 2. The van der Waals surface area contributed by atoms with Gasteiger partial charge in [0.2, 0.25) is 0 Å². The molecule has 178 valence electrons. The normalized spacial score (nSPS) is 12.3. The Bertz CT molecular complexity index is 1360. The molecule has 3 aromatic carbocycles.